The van der Waals surface area contributed by atoms with Crippen molar-refractivity contribution in [2.24, 2.45) is 0 Å². The van der Waals surface area contributed by atoms with Crippen LogP contribution in [0.5, 0.6) is 0 Å². The molecule has 1 aromatic heterocycles. The van der Waals surface area contributed by atoms with Crippen LogP contribution in [-0.4, -0.2) is 34.9 Å². The fourth-order valence-electron chi connectivity index (χ4n) is 3.78. The lowest BCUT2D eigenvalue weighted by Gasteiger charge is -2.34. The molecule has 1 unspecified atom stereocenters. The van der Waals surface area contributed by atoms with E-state index in [1.807, 2.05) is 36.1 Å². The number of carbonyl (C=O) groups is 1. The molecule has 0 bridgehead atoms. The smallest absolute Gasteiger partial charge is 0.252 e. The van der Waals surface area contributed by atoms with Crippen LogP contribution >= 0.6 is 0 Å². The van der Waals surface area contributed by atoms with Crippen LogP contribution in [0.4, 0.5) is 5.69 Å². The van der Waals surface area contributed by atoms with Crippen molar-refractivity contribution in [3.63, 3.8) is 0 Å². The van der Waals surface area contributed by atoms with E-state index in [1.54, 1.807) is 6.20 Å². The summed E-state index contributed by atoms with van der Waals surface area (Å²) in [5.74, 6) is 0.121. The summed E-state index contributed by atoms with van der Waals surface area (Å²) in [5, 5.41) is 0. The molecule has 2 aliphatic rings. The second-order valence-corrected chi connectivity index (χ2v) is 6.58. The van der Waals surface area contributed by atoms with Crippen LogP contribution < -0.4 is 10.5 Å². The average Bonchev–Trinajstić information content (AvgIpc) is 3.05. The number of anilines is 1. The van der Waals surface area contributed by atoms with E-state index in [4.69, 9.17) is 0 Å². The number of pyridine rings is 1. The average molecular weight is 323 g/mol. The van der Waals surface area contributed by atoms with E-state index in [0.717, 1.165) is 42.7 Å². The number of rotatable bonds is 2. The maximum Gasteiger partial charge on any atom is 0.252 e. The zero-order valence-electron chi connectivity index (χ0n) is 13.8. The molecule has 1 N–H and O–H groups in total. The molecule has 2 aliphatic heterocycles. The predicted molar refractivity (Wildman–Crippen MR) is 93.1 cm³/mol. The topological polar surface area (TPSA) is 56.4 Å². The Labute approximate surface area is 140 Å². The molecule has 0 saturated heterocycles. The Hall–Kier alpha value is -2.40. The van der Waals surface area contributed by atoms with E-state index in [2.05, 4.69) is 16.0 Å². The number of nitrogens with one attached hydrogen (secondary N) is 1. The van der Waals surface area contributed by atoms with Crippen LogP contribution in [0, 0.1) is 0 Å². The second-order valence-electron chi connectivity index (χ2n) is 6.58. The molecule has 1 amide bonds. The molecule has 4 rings (SSSR count). The Morgan fingerprint density at radius 3 is 2.79 bits per heavy atom. The highest BCUT2D eigenvalue weighted by Crippen LogP contribution is 2.29. The monoisotopic (exact) mass is 323 g/mol. The molecule has 124 valence electrons. The summed E-state index contributed by atoms with van der Waals surface area (Å²) < 4.78 is 0. The largest absolute Gasteiger partial charge is 0.329 e. The van der Waals surface area contributed by atoms with Gasteiger partial charge in [0.15, 0.2) is 0 Å². The molecule has 0 spiro atoms. The zero-order chi connectivity index (χ0) is 16.7. The fourth-order valence-corrected chi connectivity index (χ4v) is 3.78. The number of nitrogens with zero attached hydrogens (tertiary/aromatic N) is 2. The molecular formula is C19H21N3O2. The molecule has 0 aliphatic carbocycles. The van der Waals surface area contributed by atoms with Gasteiger partial charge in [-0.3, -0.25) is 14.5 Å². The van der Waals surface area contributed by atoms with Crippen LogP contribution in [-0.2, 0) is 24.2 Å². The van der Waals surface area contributed by atoms with Crippen LogP contribution in [0.2, 0.25) is 0 Å². The minimum absolute atomic E-state index is 0.0385. The van der Waals surface area contributed by atoms with Gasteiger partial charge in [0.2, 0.25) is 5.91 Å². The van der Waals surface area contributed by atoms with Crippen molar-refractivity contribution in [1.82, 2.24) is 9.88 Å². The van der Waals surface area contributed by atoms with E-state index in [-0.39, 0.29) is 17.5 Å². The van der Waals surface area contributed by atoms with Crippen LogP contribution in [0.15, 0.2) is 41.3 Å². The van der Waals surface area contributed by atoms with Gasteiger partial charge in [-0.15, -0.1) is 0 Å². The van der Waals surface area contributed by atoms with Gasteiger partial charge in [0.1, 0.15) is 0 Å². The summed E-state index contributed by atoms with van der Waals surface area (Å²) in [6, 6.07) is 9.84. The van der Waals surface area contributed by atoms with E-state index >= 15 is 0 Å². The first-order chi connectivity index (χ1) is 11.6. The van der Waals surface area contributed by atoms with Crippen molar-refractivity contribution in [2.45, 2.75) is 32.4 Å². The molecule has 24 heavy (non-hydrogen) atoms. The van der Waals surface area contributed by atoms with Crippen molar-refractivity contribution < 1.29 is 4.79 Å². The lowest BCUT2D eigenvalue weighted by atomic mass is 10.0. The molecule has 0 saturated carbocycles. The minimum Gasteiger partial charge on any atom is -0.329 e. The number of para-hydroxylation sites is 1. The van der Waals surface area contributed by atoms with Crippen LogP contribution in [0.25, 0.3) is 0 Å². The highest BCUT2D eigenvalue weighted by atomic mass is 16.2. The van der Waals surface area contributed by atoms with Crippen LogP contribution in [0.3, 0.4) is 0 Å². The molecular weight excluding hydrogens is 302 g/mol. The number of fused-ring (bicyclic) bond motifs is 2. The third-order valence-electron chi connectivity index (χ3n) is 5.25. The Kier molecular flexibility index (Phi) is 3.73. The van der Waals surface area contributed by atoms with Crippen LogP contribution in [0.1, 0.15) is 23.6 Å². The first kappa shape index (κ1) is 15.1. The third kappa shape index (κ3) is 2.45. The van der Waals surface area contributed by atoms with Gasteiger partial charge in [0.25, 0.3) is 5.56 Å². The van der Waals surface area contributed by atoms with E-state index in [1.165, 1.54) is 5.56 Å². The first-order valence-corrected chi connectivity index (χ1v) is 8.48. The third-order valence-corrected chi connectivity index (χ3v) is 5.25. The van der Waals surface area contributed by atoms with Crippen molar-refractivity contribution in [2.75, 3.05) is 18.0 Å². The number of H-pyrrole nitrogens is 1. The van der Waals surface area contributed by atoms with Crippen molar-refractivity contribution in [1.29, 1.82) is 0 Å². The Morgan fingerprint density at radius 2 is 1.92 bits per heavy atom. The van der Waals surface area contributed by atoms with E-state index in [0.29, 0.717) is 6.54 Å². The Morgan fingerprint density at radius 1 is 1.12 bits per heavy atom. The van der Waals surface area contributed by atoms with Crippen molar-refractivity contribution >= 4 is 11.6 Å². The molecule has 0 radical (unpaired) electrons. The summed E-state index contributed by atoms with van der Waals surface area (Å²) in [6.07, 6.45) is 3.43. The SMILES string of the molecule is CC(C(=O)N1CCc2ccccc21)N1CCc2cc[nH]c(=O)c2C1. The molecule has 3 heterocycles. The first-order valence-electron chi connectivity index (χ1n) is 8.48. The van der Waals surface area contributed by atoms with Gasteiger partial charge < -0.3 is 9.88 Å². The molecule has 0 fully saturated rings. The second kappa shape index (κ2) is 5.91. The van der Waals surface area contributed by atoms with E-state index < -0.39 is 0 Å². The highest BCUT2D eigenvalue weighted by Gasteiger charge is 2.32. The van der Waals surface area contributed by atoms with Crippen molar-refractivity contribution in [3.05, 3.63) is 63.6 Å². The summed E-state index contributed by atoms with van der Waals surface area (Å²) in [4.78, 5) is 31.8. The standard InChI is InChI=1S/C19H21N3O2/c1-13(19(24)22-11-8-15-4-2-3-5-17(15)22)21-10-7-14-6-9-20-18(23)16(14)12-21/h2-6,9,13H,7-8,10-12H2,1H3,(H,20,23). The van der Waals surface area contributed by atoms with Gasteiger partial charge in [0.05, 0.1) is 6.04 Å². The number of carbonyl (C=O) groups excluding carboxylic acids is 1. The summed E-state index contributed by atoms with van der Waals surface area (Å²) in [7, 11) is 0. The predicted octanol–water partition coefficient (Wildman–Crippen LogP) is 1.71. The summed E-state index contributed by atoms with van der Waals surface area (Å²) >= 11 is 0. The Bertz CT molecular complexity index is 843. The number of benzene rings is 1. The molecule has 5 heteroatoms. The summed E-state index contributed by atoms with van der Waals surface area (Å²) in [6.45, 7) is 4.03. The van der Waals surface area contributed by atoms with Gasteiger partial charge in [-0.1, -0.05) is 18.2 Å². The van der Waals surface area contributed by atoms with Gasteiger partial charge in [-0.05, 0) is 43.0 Å². The van der Waals surface area contributed by atoms with Gasteiger partial charge in [0, 0.05) is 37.1 Å². The lowest BCUT2D eigenvalue weighted by molar-refractivity contribution is -0.123. The number of hydrogen-bond donors (Lipinski definition) is 1. The van der Waals surface area contributed by atoms with Crippen molar-refractivity contribution in [3.8, 4) is 0 Å². The molecule has 1 aromatic carbocycles. The number of amides is 1. The number of aromatic amines is 1. The zero-order valence-corrected chi connectivity index (χ0v) is 13.8. The van der Waals surface area contributed by atoms with E-state index in [9.17, 15) is 9.59 Å². The normalized spacial score (nSPS) is 18.1. The maximum absolute atomic E-state index is 13.0. The maximum atomic E-state index is 13.0. The fraction of sp³-hybridized carbons (Fsp3) is 0.368. The number of hydrogen-bond acceptors (Lipinski definition) is 3. The minimum atomic E-state index is -0.232. The highest BCUT2D eigenvalue weighted by molar-refractivity contribution is 5.98. The van der Waals surface area contributed by atoms with Gasteiger partial charge >= 0.3 is 0 Å². The number of aromatic nitrogens is 1. The molecule has 1 atom stereocenters. The lowest BCUT2D eigenvalue weighted by Crippen LogP contribution is -2.49. The van der Waals surface area contributed by atoms with Gasteiger partial charge in [-0.25, -0.2) is 0 Å². The quantitative estimate of drug-likeness (QED) is 0.915. The Balaban J connectivity index is 1.55. The van der Waals surface area contributed by atoms with Gasteiger partial charge in [-0.2, -0.15) is 0 Å². The summed E-state index contributed by atoms with van der Waals surface area (Å²) in [5.41, 5.74) is 4.12. The molecule has 5 nitrogen and oxygen atoms in total. The molecule has 2 aromatic rings.